The Balaban J connectivity index is 1.82. The monoisotopic (exact) mass is 452 g/mol. The molecular weight excluding hydrogens is 424 g/mol. The summed E-state index contributed by atoms with van der Waals surface area (Å²) in [6.07, 6.45) is 9.30. The van der Waals surface area contributed by atoms with Crippen LogP contribution in [0, 0.1) is 0 Å². The minimum atomic E-state index is -0.752. The number of fused-ring (bicyclic) bond motifs is 1. The molecule has 174 valence electrons. The summed E-state index contributed by atoms with van der Waals surface area (Å²) in [5.41, 5.74) is 2.56. The molecule has 1 aliphatic carbocycles. The molecule has 8 nitrogen and oxygen atoms in total. The number of aryl methyl sites for hydroxylation is 1. The molecule has 0 N–H and O–H groups in total. The predicted molar refractivity (Wildman–Crippen MR) is 121 cm³/mol. The SMILES string of the molecule is CC(=O)OC1/C=C\CC(OC(=O)/C=C/c2cn(C)cn2)Cc2ccccc2CC1OC(C)=O. The van der Waals surface area contributed by atoms with Gasteiger partial charge in [0.1, 0.15) is 12.2 Å². The molecule has 0 saturated carbocycles. The highest BCUT2D eigenvalue weighted by Gasteiger charge is 2.28. The van der Waals surface area contributed by atoms with E-state index in [4.69, 9.17) is 14.2 Å². The van der Waals surface area contributed by atoms with E-state index in [-0.39, 0.29) is 0 Å². The minimum absolute atomic E-state index is 0.359. The van der Waals surface area contributed by atoms with Crippen LogP contribution in [0.2, 0.25) is 0 Å². The van der Waals surface area contributed by atoms with Gasteiger partial charge in [-0.2, -0.15) is 0 Å². The molecule has 1 aliphatic rings. The number of imidazole rings is 1. The first-order valence-electron chi connectivity index (χ1n) is 10.7. The van der Waals surface area contributed by atoms with Gasteiger partial charge < -0.3 is 18.8 Å². The van der Waals surface area contributed by atoms with E-state index in [9.17, 15) is 14.4 Å². The Labute approximate surface area is 192 Å². The average Bonchev–Trinajstić information content (AvgIpc) is 3.16. The van der Waals surface area contributed by atoms with Crippen molar-refractivity contribution in [1.82, 2.24) is 9.55 Å². The van der Waals surface area contributed by atoms with Crippen LogP contribution in [0.4, 0.5) is 0 Å². The number of hydrogen-bond acceptors (Lipinski definition) is 7. The summed E-state index contributed by atoms with van der Waals surface area (Å²) in [7, 11) is 1.85. The third-order valence-electron chi connectivity index (χ3n) is 5.10. The van der Waals surface area contributed by atoms with Crippen molar-refractivity contribution in [2.75, 3.05) is 0 Å². The third-order valence-corrected chi connectivity index (χ3v) is 5.10. The van der Waals surface area contributed by atoms with E-state index in [1.54, 1.807) is 35.3 Å². The maximum Gasteiger partial charge on any atom is 0.331 e. The summed E-state index contributed by atoms with van der Waals surface area (Å²) in [4.78, 5) is 39.9. The summed E-state index contributed by atoms with van der Waals surface area (Å²) in [6, 6.07) is 7.69. The molecule has 3 atom stereocenters. The lowest BCUT2D eigenvalue weighted by Gasteiger charge is -2.27. The van der Waals surface area contributed by atoms with Crippen LogP contribution in [0.25, 0.3) is 6.08 Å². The molecule has 3 rings (SSSR count). The van der Waals surface area contributed by atoms with Gasteiger partial charge in [0.2, 0.25) is 0 Å². The summed E-state index contributed by atoms with van der Waals surface area (Å²) < 4.78 is 18.4. The van der Waals surface area contributed by atoms with Crippen molar-refractivity contribution >= 4 is 24.0 Å². The fraction of sp³-hybridized carbons (Fsp3) is 0.360. The van der Waals surface area contributed by atoms with E-state index in [0.29, 0.717) is 25.0 Å². The van der Waals surface area contributed by atoms with Crippen LogP contribution in [0.15, 0.2) is 55.0 Å². The summed E-state index contributed by atoms with van der Waals surface area (Å²) >= 11 is 0. The Kier molecular flexibility index (Phi) is 8.18. The van der Waals surface area contributed by atoms with E-state index >= 15 is 0 Å². The fourth-order valence-corrected chi connectivity index (χ4v) is 3.70. The summed E-state index contributed by atoms with van der Waals surface area (Å²) in [5.74, 6) is -1.40. The van der Waals surface area contributed by atoms with Crippen molar-refractivity contribution in [1.29, 1.82) is 0 Å². The van der Waals surface area contributed by atoms with Gasteiger partial charge in [-0.05, 0) is 23.3 Å². The van der Waals surface area contributed by atoms with Gasteiger partial charge in [-0.3, -0.25) is 9.59 Å². The molecule has 3 unspecified atom stereocenters. The lowest BCUT2D eigenvalue weighted by Crippen LogP contribution is -2.35. The van der Waals surface area contributed by atoms with Crippen molar-refractivity contribution in [3.8, 4) is 0 Å². The van der Waals surface area contributed by atoms with Crippen LogP contribution >= 0.6 is 0 Å². The smallest absolute Gasteiger partial charge is 0.331 e. The molecule has 2 aromatic rings. The second kappa shape index (κ2) is 11.3. The minimum Gasteiger partial charge on any atom is -0.459 e. The standard InChI is InChI=1S/C25H28N2O6/c1-17(28)31-23-10-6-9-22(33-25(30)12-11-21-15-27(3)16-26-21)13-19-7-4-5-8-20(19)14-24(23)32-18(2)29/h4-8,10-12,15-16,22-24H,9,13-14H2,1-3H3/b10-6-,12-11+. The fourth-order valence-electron chi connectivity index (χ4n) is 3.70. The van der Waals surface area contributed by atoms with E-state index in [0.717, 1.165) is 11.1 Å². The summed E-state index contributed by atoms with van der Waals surface area (Å²) in [6.45, 7) is 2.64. The van der Waals surface area contributed by atoms with Crippen molar-refractivity contribution in [2.24, 2.45) is 7.05 Å². The number of benzene rings is 1. The molecule has 0 saturated heterocycles. The normalized spacial score (nSPS) is 21.6. The van der Waals surface area contributed by atoms with Crippen molar-refractivity contribution in [2.45, 2.75) is 51.4 Å². The molecule has 1 heterocycles. The van der Waals surface area contributed by atoms with E-state index in [2.05, 4.69) is 4.98 Å². The van der Waals surface area contributed by atoms with Crippen LogP contribution in [0.5, 0.6) is 0 Å². The van der Waals surface area contributed by atoms with Crippen LogP contribution in [0.3, 0.4) is 0 Å². The molecule has 0 bridgehead atoms. The van der Waals surface area contributed by atoms with Gasteiger partial charge in [0, 0.05) is 52.4 Å². The van der Waals surface area contributed by atoms with E-state index in [1.165, 1.54) is 19.9 Å². The highest BCUT2D eigenvalue weighted by Crippen LogP contribution is 2.22. The van der Waals surface area contributed by atoms with Crippen LogP contribution in [-0.2, 0) is 48.5 Å². The Morgan fingerprint density at radius 2 is 1.73 bits per heavy atom. The van der Waals surface area contributed by atoms with Gasteiger partial charge >= 0.3 is 17.9 Å². The lowest BCUT2D eigenvalue weighted by atomic mass is 9.93. The first-order valence-corrected chi connectivity index (χ1v) is 10.7. The molecule has 0 fully saturated rings. The Morgan fingerprint density at radius 1 is 1.03 bits per heavy atom. The number of hydrogen-bond donors (Lipinski definition) is 0. The first kappa shape index (κ1) is 24.0. The Morgan fingerprint density at radius 3 is 2.36 bits per heavy atom. The molecule has 0 amide bonds. The highest BCUT2D eigenvalue weighted by molar-refractivity contribution is 5.86. The molecule has 1 aromatic heterocycles. The molecule has 0 radical (unpaired) electrons. The largest absolute Gasteiger partial charge is 0.459 e. The predicted octanol–water partition coefficient (Wildman–Crippen LogP) is 2.95. The van der Waals surface area contributed by atoms with Crippen LogP contribution in [0.1, 0.15) is 37.1 Å². The zero-order valence-electron chi connectivity index (χ0n) is 19.0. The van der Waals surface area contributed by atoms with Gasteiger partial charge in [0.15, 0.2) is 6.10 Å². The van der Waals surface area contributed by atoms with E-state index in [1.807, 2.05) is 31.3 Å². The highest BCUT2D eigenvalue weighted by atomic mass is 16.6. The van der Waals surface area contributed by atoms with Gasteiger partial charge in [-0.15, -0.1) is 0 Å². The maximum absolute atomic E-state index is 12.4. The van der Waals surface area contributed by atoms with Crippen LogP contribution < -0.4 is 0 Å². The van der Waals surface area contributed by atoms with Gasteiger partial charge in [-0.1, -0.05) is 30.3 Å². The number of nitrogens with zero attached hydrogens (tertiary/aromatic N) is 2. The molecule has 1 aromatic carbocycles. The molecular formula is C25H28N2O6. The number of ether oxygens (including phenoxy) is 3. The maximum atomic E-state index is 12.4. The molecule has 33 heavy (non-hydrogen) atoms. The average molecular weight is 453 g/mol. The number of rotatable bonds is 5. The number of carbonyl (C=O) groups is 3. The second-order valence-electron chi connectivity index (χ2n) is 7.92. The third kappa shape index (κ3) is 7.45. The number of carbonyl (C=O) groups excluding carboxylic acids is 3. The zero-order valence-corrected chi connectivity index (χ0v) is 19.0. The van der Waals surface area contributed by atoms with Crippen LogP contribution in [-0.4, -0.2) is 45.8 Å². The Hall–Kier alpha value is -3.68. The van der Waals surface area contributed by atoms with Crippen molar-refractivity contribution < 1.29 is 28.6 Å². The zero-order chi connectivity index (χ0) is 23.8. The topological polar surface area (TPSA) is 96.7 Å². The molecule has 8 heteroatoms. The van der Waals surface area contributed by atoms with Gasteiger partial charge in [0.25, 0.3) is 0 Å². The van der Waals surface area contributed by atoms with Gasteiger partial charge in [-0.25, -0.2) is 9.78 Å². The molecule has 0 aliphatic heterocycles. The van der Waals surface area contributed by atoms with E-state index < -0.39 is 36.2 Å². The first-order chi connectivity index (χ1) is 15.8. The van der Waals surface area contributed by atoms with Crippen molar-refractivity contribution in [3.63, 3.8) is 0 Å². The summed E-state index contributed by atoms with van der Waals surface area (Å²) in [5, 5.41) is 0. The van der Waals surface area contributed by atoms with Gasteiger partial charge in [0.05, 0.1) is 12.0 Å². The van der Waals surface area contributed by atoms with Crippen molar-refractivity contribution in [3.05, 3.63) is 71.8 Å². The lowest BCUT2D eigenvalue weighted by molar-refractivity contribution is -0.161. The Bertz CT molecular complexity index is 1050. The number of aromatic nitrogens is 2. The molecule has 0 spiro atoms. The number of esters is 3. The quantitative estimate of drug-likeness (QED) is 0.298. The second-order valence-corrected chi connectivity index (χ2v) is 7.92.